The number of nitrogens with one attached hydrogen (secondary N) is 1. The molecule has 0 saturated heterocycles. The number of furan rings is 1. The van der Waals surface area contributed by atoms with Crippen LogP contribution in [-0.2, 0) is 6.61 Å². The van der Waals surface area contributed by atoms with Gasteiger partial charge in [-0.25, -0.2) is 0 Å². The molecule has 0 fully saturated rings. The van der Waals surface area contributed by atoms with Crippen molar-refractivity contribution in [2.45, 2.75) is 14.0 Å². The molecule has 0 aliphatic rings. The normalized spacial score (nSPS) is 10.6. The molecule has 0 bridgehead atoms. The Hall–Kier alpha value is -4.97. The molecule has 4 aromatic carbocycles. The topological polar surface area (TPSA) is 76.8 Å². The van der Waals surface area contributed by atoms with E-state index < -0.39 is 0 Å². The number of benzene rings is 4. The lowest BCUT2D eigenvalue weighted by atomic mass is 9.97. The van der Waals surface area contributed by atoms with Gasteiger partial charge in [-0.3, -0.25) is 0 Å². The molecule has 1 N–H and O–H groups in total. The molecule has 0 spiro atoms. The molecule has 0 aliphatic carbocycles. The van der Waals surface area contributed by atoms with E-state index in [0.29, 0.717) is 5.82 Å². The molecule has 0 aliphatic heterocycles. The summed E-state index contributed by atoms with van der Waals surface area (Å²) in [5, 5.41) is 13.9. The Kier molecular flexibility index (Phi) is 6.90. The van der Waals surface area contributed by atoms with Crippen molar-refractivity contribution in [2.24, 2.45) is 0 Å². The van der Waals surface area contributed by atoms with E-state index in [1.54, 1.807) is 0 Å². The SMILES string of the molecule is C.c1ccc(-c2cc(-c3ccccc3-c3cccc(OCc4nn[nH]n4)c3)oc2-c2ccccc2)cc1. The van der Waals surface area contributed by atoms with E-state index >= 15 is 0 Å². The standard InChI is InChI=1S/C30H22N4O2.CH4/c1-3-10-21(11-4-1)27-19-28(36-30(27)22-12-5-2-6-13-22)26-17-8-7-16-25(26)23-14-9-15-24(18-23)35-20-29-31-33-34-32-29;/h1-19H,20H2,(H,31,32,33,34);1H4. The second-order valence-corrected chi connectivity index (χ2v) is 8.28. The molecule has 0 amide bonds. The van der Waals surface area contributed by atoms with Gasteiger partial charge in [-0.15, -0.1) is 10.2 Å². The molecule has 2 aromatic heterocycles. The molecule has 6 nitrogen and oxygen atoms in total. The summed E-state index contributed by atoms with van der Waals surface area (Å²) in [5.41, 5.74) is 6.29. The number of H-pyrrole nitrogens is 1. The summed E-state index contributed by atoms with van der Waals surface area (Å²) >= 11 is 0. The van der Waals surface area contributed by atoms with E-state index in [2.05, 4.69) is 69.2 Å². The fraction of sp³-hybridized carbons (Fsp3) is 0.0645. The Morgan fingerprint density at radius 3 is 2.05 bits per heavy atom. The second kappa shape index (κ2) is 10.7. The minimum absolute atomic E-state index is 0. The van der Waals surface area contributed by atoms with Gasteiger partial charge in [0.15, 0.2) is 6.61 Å². The highest BCUT2D eigenvalue weighted by Crippen LogP contribution is 2.41. The first-order valence-electron chi connectivity index (χ1n) is 11.6. The quantitative estimate of drug-likeness (QED) is 0.250. The minimum atomic E-state index is 0. The molecular weight excluding hydrogens is 460 g/mol. The number of ether oxygens (including phenoxy) is 1. The molecule has 0 atom stereocenters. The van der Waals surface area contributed by atoms with E-state index in [9.17, 15) is 0 Å². The average Bonchev–Trinajstić information content (AvgIpc) is 3.64. The van der Waals surface area contributed by atoms with E-state index in [4.69, 9.17) is 9.15 Å². The van der Waals surface area contributed by atoms with Crippen LogP contribution in [0.5, 0.6) is 5.75 Å². The van der Waals surface area contributed by atoms with Crippen LogP contribution in [0.1, 0.15) is 13.3 Å². The van der Waals surface area contributed by atoms with E-state index in [1.807, 2.05) is 66.7 Å². The van der Waals surface area contributed by atoms with Gasteiger partial charge < -0.3 is 9.15 Å². The Bertz CT molecular complexity index is 1520. The molecule has 0 unspecified atom stereocenters. The van der Waals surface area contributed by atoms with Crippen LogP contribution in [-0.4, -0.2) is 20.6 Å². The molecular formula is C31H26N4O2. The number of hydrogen-bond donors (Lipinski definition) is 1. The number of rotatable bonds is 7. The van der Waals surface area contributed by atoms with Crippen molar-refractivity contribution in [3.05, 3.63) is 121 Å². The van der Waals surface area contributed by atoms with Gasteiger partial charge in [0.2, 0.25) is 5.82 Å². The van der Waals surface area contributed by atoms with Crippen LogP contribution in [0.15, 0.2) is 120 Å². The Labute approximate surface area is 215 Å². The summed E-state index contributed by atoms with van der Waals surface area (Å²) in [6.45, 7) is 0.237. The van der Waals surface area contributed by atoms with Gasteiger partial charge in [-0.2, -0.15) is 5.21 Å². The Morgan fingerprint density at radius 1 is 0.649 bits per heavy atom. The highest BCUT2D eigenvalue weighted by atomic mass is 16.5. The van der Waals surface area contributed by atoms with Crippen LogP contribution >= 0.6 is 0 Å². The van der Waals surface area contributed by atoms with E-state index in [0.717, 1.165) is 50.7 Å². The first-order valence-corrected chi connectivity index (χ1v) is 11.6. The fourth-order valence-corrected chi connectivity index (χ4v) is 4.25. The zero-order chi connectivity index (χ0) is 24.2. The number of tetrazole rings is 1. The van der Waals surface area contributed by atoms with Crippen molar-refractivity contribution in [3.63, 3.8) is 0 Å². The Morgan fingerprint density at radius 2 is 1.32 bits per heavy atom. The fourth-order valence-electron chi connectivity index (χ4n) is 4.25. The van der Waals surface area contributed by atoms with Gasteiger partial charge >= 0.3 is 0 Å². The third kappa shape index (κ3) is 5.04. The van der Waals surface area contributed by atoms with Gasteiger partial charge in [-0.05, 0) is 34.9 Å². The summed E-state index contributed by atoms with van der Waals surface area (Å²) < 4.78 is 12.5. The summed E-state index contributed by atoms with van der Waals surface area (Å²) in [4.78, 5) is 0. The molecule has 37 heavy (non-hydrogen) atoms. The van der Waals surface area contributed by atoms with E-state index in [1.165, 1.54) is 0 Å². The second-order valence-electron chi connectivity index (χ2n) is 8.28. The smallest absolute Gasteiger partial charge is 0.211 e. The first-order chi connectivity index (χ1) is 17.8. The van der Waals surface area contributed by atoms with Crippen LogP contribution in [0.4, 0.5) is 0 Å². The molecule has 0 saturated carbocycles. The lowest BCUT2D eigenvalue weighted by Gasteiger charge is -2.10. The highest BCUT2D eigenvalue weighted by molar-refractivity contribution is 5.88. The lowest BCUT2D eigenvalue weighted by molar-refractivity contribution is 0.296. The van der Waals surface area contributed by atoms with Crippen molar-refractivity contribution < 1.29 is 9.15 Å². The van der Waals surface area contributed by atoms with Crippen molar-refractivity contribution in [1.29, 1.82) is 0 Å². The van der Waals surface area contributed by atoms with Gasteiger partial charge in [0, 0.05) is 16.7 Å². The van der Waals surface area contributed by atoms with Gasteiger partial charge in [0.05, 0.1) is 0 Å². The number of hydrogen-bond acceptors (Lipinski definition) is 5. The summed E-state index contributed by atoms with van der Waals surface area (Å²) in [6.07, 6.45) is 0. The number of aromatic nitrogens is 4. The first kappa shape index (κ1) is 23.8. The third-order valence-corrected chi connectivity index (χ3v) is 5.95. The number of nitrogens with zero attached hydrogens (tertiary/aromatic N) is 3. The maximum atomic E-state index is 6.57. The Balaban J connectivity index is 0.00000280. The largest absolute Gasteiger partial charge is 0.485 e. The summed E-state index contributed by atoms with van der Waals surface area (Å²) in [6, 6.07) is 38.9. The van der Waals surface area contributed by atoms with Crippen molar-refractivity contribution in [2.75, 3.05) is 0 Å². The van der Waals surface area contributed by atoms with Crippen LogP contribution in [0, 0.1) is 0 Å². The minimum Gasteiger partial charge on any atom is -0.485 e. The van der Waals surface area contributed by atoms with Gasteiger partial charge in [0.25, 0.3) is 0 Å². The molecule has 0 radical (unpaired) electrons. The third-order valence-electron chi connectivity index (χ3n) is 5.95. The number of aromatic amines is 1. The lowest BCUT2D eigenvalue weighted by Crippen LogP contribution is -1.98. The van der Waals surface area contributed by atoms with Crippen LogP contribution < -0.4 is 4.74 Å². The highest BCUT2D eigenvalue weighted by Gasteiger charge is 2.18. The molecule has 6 heteroatoms. The van der Waals surface area contributed by atoms with Gasteiger partial charge in [-0.1, -0.05) is 110 Å². The summed E-state index contributed by atoms with van der Waals surface area (Å²) in [5.74, 6) is 2.88. The maximum absolute atomic E-state index is 6.57. The molecule has 182 valence electrons. The van der Waals surface area contributed by atoms with Crippen LogP contribution in [0.2, 0.25) is 0 Å². The van der Waals surface area contributed by atoms with Crippen molar-refractivity contribution >= 4 is 0 Å². The monoisotopic (exact) mass is 486 g/mol. The molecule has 6 aromatic rings. The predicted molar refractivity (Wildman–Crippen MR) is 146 cm³/mol. The maximum Gasteiger partial charge on any atom is 0.211 e. The van der Waals surface area contributed by atoms with Crippen molar-refractivity contribution in [1.82, 2.24) is 20.6 Å². The molecule has 6 rings (SSSR count). The predicted octanol–water partition coefficient (Wildman–Crippen LogP) is 7.68. The summed E-state index contributed by atoms with van der Waals surface area (Å²) in [7, 11) is 0. The average molecular weight is 487 g/mol. The van der Waals surface area contributed by atoms with Crippen LogP contribution in [0.3, 0.4) is 0 Å². The zero-order valence-corrected chi connectivity index (χ0v) is 19.3. The van der Waals surface area contributed by atoms with Gasteiger partial charge in [0.1, 0.15) is 17.3 Å². The molecule has 2 heterocycles. The zero-order valence-electron chi connectivity index (χ0n) is 19.3. The van der Waals surface area contributed by atoms with Crippen LogP contribution in [0.25, 0.3) is 44.9 Å². The van der Waals surface area contributed by atoms with Crippen molar-refractivity contribution in [3.8, 4) is 50.7 Å². The van der Waals surface area contributed by atoms with E-state index in [-0.39, 0.29) is 14.0 Å².